The predicted molar refractivity (Wildman–Crippen MR) is 75.8 cm³/mol. The van der Waals surface area contributed by atoms with Crippen molar-refractivity contribution >= 4 is 40.4 Å². The zero-order valence-corrected chi connectivity index (χ0v) is 11.2. The molecular formula is C11H14ClN3O2S. The number of thiocarbonyl (C=S) groups is 1. The van der Waals surface area contributed by atoms with Crippen LogP contribution in [0, 0.1) is 0 Å². The Labute approximate surface area is 115 Å². The Hall–Kier alpha value is -1.37. The summed E-state index contributed by atoms with van der Waals surface area (Å²) in [6, 6.07) is 5.19. The lowest BCUT2D eigenvalue weighted by molar-refractivity contribution is -0.122. The van der Waals surface area contributed by atoms with E-state index in [1.807, 2.05) is 0 Å². The Kier molecular flexibility index (Phi) is 5.84. The number of carbonyl (C=O) groups is 1. The van der Waals surface area contributed by atoms with Gasteiger partial charge in [-0.3, -0.25) is 4.79 Å². The monoisotopic (exact) mass is 287 g/mol. The van der Waals surface area contributed by atoms with Crippen LogP contribution in [0.2, 0.25) is 5.02 Å². The summed E-state index contributed by atoms with van der Waals surface area (Å²) in [6.45, 7) is 0.731. The second-order valence-electron chi connectivity index (χ2n) is 3.50. The first kappa shape index (κ1) is 14.7. The fourth-order valence-corrected chi connectivity index (χ4v) is 1.66. The molecule has 1 rings (SSSR count). The van der Waals surface area contributed by atoms with Crippen molar-refractivity contribution in [3.63, 3.8) is 0 Å². The highest BCUT2D eigenvalue weighted by Gasteiger charge is 2.05. The first-order chi connectivity index (χ1) is 8.50. The van der Waals surface area contributed by atoms with Gasteiger partial charge in [0, 0.05) is 22.8 Å². The first-order valence-corrected chi connectivity index (χ1v) is 5.98. The number of benzene rings is 1. The van der Waals surface area contributed by atoms with Crippen LogP contribution in [-0.4, -0.2) is 30.7 Å². The third-order valence-corrected chi connectivity index (χ3v) is 2.51. The number of carbonyl (C=O) groups excluding carboxylic acids is 1. The molecule has 5 N–H and O–H groups in total. The van der Waals surface area contributed by atoms with Gasteiger partial charge in [0.2, 0.25) is 5.91 Å². The van der Waals surface area contributed by atoms with E-state index in [1.165, 1.54) is 0 Å². The van der Waals surface area contributed by atoms with Gasteiger partial charge in [-0.2, -0.15) is 0 Å². The molecule has 98 valence electrons. The molecule has 1 amide bonds. The van der Waals surface area contributed by atoms with Gasteiger partial charge in [-0.1, -0.05) is 23.8 Å². The molecule has 0 aliphatic heterocycles. The zero-order chi connectivity index (χ0) is 13.5. The van der Waals surface area contributed by atoms with E-state index < -0.39 is 5.91 Å². The fourth-order valence-electron chi connectivity index (χ4n) is 1.31. The summed E-state index contributed by atoms with van der Waals surface area (Å²) in [5.41, 5.74) is 12.0. The largest absolute Gasteiger partial charge is 0.389 e. The molecule has 18 heavy (non-hydrogen) atoms. The Morgan fingerprint density at radius 1 is 1.44 bits per heavy atom. The standard InChI is InChI=1S/C11H14ClN3O2S/c12-7-1-2-8(11(14)18)9(5-7)15-3-4-17-6-10(13)16/h1-2,5,15H,3-4,6H2,(H2,13,16)(H2,14,18). The molecule has 0 fully saturated rings. The molecule has 0 aromatic heterocycles. The van der Waals surface area contributed by atoms with Crippen LogP contribution in [0.25, 0.3) is 0 Å². The van der Waals surface area contributed by atoms with Crippen molar-refractivity contribution in [1.29, 1.82) is 0 Å². The van der Waals surface area contributed by atoms with Gasteiger partial charge in [-0.25, -0.2) is 0 Å². The van der Waals surface area contributed by atoms with E-state index in [9.17, 15) is 4.79 Å². The normalized spacial score (nSPS) is 10.1. The lowest BCUT2D eigenvalue weighted by atomic mass is 10.2. The minimum atomic E-state index is -0.499. The maximum atomic E-state index is 10.4. The van der Waals surface area contributed by atoms with Crippen LogP contribution in [0.15, 0.2) is 18.2 Å². The second kappa shape index (κ2) is 7.15. The van der Waals surface area contributed by atoms with Crippen LogP contribution < -0.4 is 16.8 Å². The van der Waals surface area contributed by atoms with Gasteiger partial charge in [-0.15, -0.1) is 0 Å². The van der Waals surface area contributed by atoms with Crippen LogP contribution in [-0.2, 0) is 9.53 Å². The van der Waals surface area contributed by atoms with E-state index in [0.717, 1.165) is 5.69 Å². The van der Waals surface area contributed by atoms with Gasteiger partial charge in [-0.05, 0) is 18.2 Å². The number of ether oxygens (including phenoxy) is 1. The van der Waals surface area contributed by atoms with Crippen LogP contribution >= 0.6 is 23.8 Å². The number of anilines is 1. The smallest absolute Gasteiger partial charge is 0.243 e. The van der Waals surface area contributed by atoms with Gasteiger partial charge < -0.3 is 21.5 Å². The molecule has 7 heteroatoms. The summed E-state index contributed by atoms with van der Waals surface area (Å²) in [5.74, 6) is -0.499. The molecule has 0 radical (unpaired) electrons. The minimum absolute atomic E-state index is 0.0978. The molecule has 0 atom stereocenters. The highest BCUT2D eigenvalue weighted by atomic mass is 35.5. The molecule has 0 heterocycles. The van der Waals surface area contributed by atoms with E-state index in [0.29, 0.717) is 23.7 Å². The number of hydrogen-bond acceptors (Lipinski definition) is 4. The molecule has 1 aromatic rings. The summed E-state index contributed by atoms with van der Waals surface area (Å²) in [7, 11) is 0. The van der Waals surface area contributed by atoms with Gasteiger partial charge in [0.05, 0.1) is 6.61 Å². The zero-order valence-electron chi connectivity index (χ0n) is 9.61. The number of nitrogens with two attached hydrogens (primary N) is 2. The molecule has 5 nitrogen and oxygen atoms in total. The molecule has 0 saturated carbocycles. The third-order valence-electron chi connectivity index (χ3n) is 2.05. The SMILES string of the molecule is NC(=O)COCCNc1cc(Cl)ccc1C(N)=S. The van der Waals surface area contributed by atoms with E-state index in [4.69, 9.17) is 40.0 Å². The summed E-state index contributed by atoms with van der Waals surface area (Å²) in [5, 5.41) is 3.66. The van der Waals surface area contributed by atoms with E-state index >= 15 is 0 Å². The van der Waals surface area contributed by atoms with Crippen molar-refractivity contribution < 1.29 is 9.53 Å². The van der Waals surface area contributed by atoms with E-state index in [2.05, 4.69) is 5.32 Å². The Balaban J connectivity index is 2.53. The maximum absolute atomic E-state index is 10.4. The predicted octanol–water partition coefficient (Wildman–Crippen LogP) is 0.888. The van der Waals surface area contributed by atoms with Crippen LogP contribution in [0.1, 0.15) is 5.56 Å². The molecule has 1 aromatic carbocycles. The average molecular weight is 288 g/mol. The summed E-state index contributed by atoms with van der Waals surface area (Å²) >= 11 is 10.8. The highest BCUT2D eigenvalue weighted by molar-refractivity contribution is 7.80. The number of hydrogen-bond donors (Lipinski definition) is 3. The lowest BCUT2D eigenvalue weighted by Gasteiger charge is -2.11. The van der Waals surface area contributed by atoms with Gasteiger partial charge in [0.25, 0.3) is 0 Å². The van der Waals surface area contributed by atoms with Crippen molar-refractivity contribution in [2.24, 2.45) is 11.5 Å². The Morgan fingerprint density at radius 2 is 2.17 bits per heavy atom. The van der Waals surface area contributed by atoms with Gasteiger partial charge in [0.15, 0.2) is 0 Å². The number of nitrogens with one attached hydrogen (secondary N) is 1. The number of halogens is 1. The van der Waals surface area contributed by atoms with E-state index in [1.54, 1.807) is 18.2 Å². The lowest BCUT2D eigenvalue weighted by Crippen LogP contribution is -2.21. The van der Waals surface area contributed by atoms with Crippen LogP contribution in [0.4, 0.5) is 5.69 Å². The molecule has 0 aliphatic rings. The molecule has 0 saturated heterocycles. The second-order valence-corrected chi connectivity index (χ2v) is 4.38. The number of rotatable bonds is 7. The first-order valence-electron chi connectivity index (χ1n) is 5.20. The van der Waals surface area contributed by atoms with Gasteiger partial charge in [0.1, 0.15) is 11.6 Å². The fraction of sp³-hybridized carbons (Fsp3) is 0.273. The van der Waals surface area contributed by atoms with Crippen molar-refractivity contribution in [3.8, 4) is 0 Å². The third kappa shape index (κ3) is 4.87. The van der Waals surface area contributed by atoms with Crippen molar-refractivity contribution in [2.45, 2.75) is 0 Å². The van der Waals surface area contributed by atoms with Crippen molar-refractivity contribution in [2.75, 3.05) is 25.1 Å². The molecular weight excluding hydrogens is 274 g/mol. The number of amides is 1. The molecule has 0 spiro atoms. The van der Waals surface area contributed by atoms with E-state index in [-0.39, 0.29) is 11.6 Å². The topological polar surface area (TPSA) is 90.4 Å². The number of primary amides is 1. The molecule has 0 unspecified atom stereocenters. The molecule has 0 bridgehead atoms. The highest BCUT2D eigenvalue weighted by Crippen LogP contribution is 2.20. The average Bonchev–Trinajstić information content (AvgIpc) is 2.27. The van der Waals surface area contributed by atoms with Crippen molar-refractivity contribution in [3.05, 3.63) is 28.8 Å². The quantitative estimate of drug-likeness (QED) is 0.512. The minimum Gasteiger partial charge on any atom is -0.389 e. The summed E-state index contributed by atoms with van der Waals surface area (Å²) in [4.78, 5) is 10.7. The maximum Gasteiger partial charge on any atom is 0.243 e. The Morgan fingerprint density at radius 3 is 2.78 bits per heavy atom. The molecule has 0 aliphatic carbocycles. The Bertz CT molecular complexity index is 454. The van der Waals surface area contributed by atoms with Crippen molar-refractivity contribution in [1.82, 2.24) is 0 Å². The van der Waals surface area contributed by atoms with Gasteiger partial charge >= 0.3 is 0 Å². The summed E-state index contributed by atoms with van der Waals surface area (Å²) in [6.07, 6.45) is 0. The summed E-state index contributed by atoms with van der Waals surface area (Å²) < 4.78 is 5.01. The van der Waals surface area contributed by atoms with Crippen LogP contribution in [0.5, 0.6) is 0 Å². The van der Waals surface area contributed by atoms with Crippen LogP contribution in [0.3, 0.4) is 0 Å².